The summed E-state index contributed by atoms with van der Waals surface area (Å²) in [6, 6.07) is 11.9. The average Bonchev–Trinajstić information content (AvgIpc) is 2.72. The Morgan fingerprint density at radius 2 is 1.80 bits per heavy atom. The number of benzene rings is 2. The van der Waals surface area contributed by atoms with Crippen molar-refractivity contribution in [3.63, 3.8) is 0 Å². The van der Waals surface area contributed by atoms with Crippen LogP contribution >= 0.6 is 0 Å². The van der Waals surface area contributed by atoms with Gasteiger partial charge in [-0.2, -0.15) is 0 Å². The van der Waals surface area contributed by atoms with Crippen molar-refractivity contribution >= 4 is 17.0 Å². The van der Waals surface area contributed by atoms with Crippen LogP contribution in [0.15, 0.2) is 65.2 Å². The van der Waals surface area contributed by atoms with E-state index < -0.39 is 0 Å². The van der Waals surface area contributed by atoms with Gasteiger partial charge in [-0.15, -0.1) is 0 Å². The van der Waals surface area contributed by atoms with Gasteiger partial charge in [-0.3, -0.25) is 0 Å². The van der Waals surface area contributed by atoms with E-state index in [9.17, 15) is 4.39 Å². The van der Waals surface area contributed by atoms with Gasteiger partial charge in [-0.05, 0) is 55.3 Å². The molecule has 0 spiro atoms. The summed E-state index contributed by atoms with van der Waals surface area (Å²) in [6.45, 7) is 4.14. The summed E-state index contributed by atoms with van der Waals surface area (Å²) < 4.78 is 23.8. The van der Waals surface area contributed by atoms with Gasteiger partial charge in [0.15, 0.2) is 11.5 Å². The standard InChI is InChI=1S/C23H25FN4O2/c1-14-11-21(26-13-16-5-8-18(24)9-6-16)28-23(27-14)22(15(2)25)17-7-10-19(29-3)20(12-17)30-4/h5-12,25-26,28H,13H2,1-4H3/b23-22+,25-15?. The fraction of sp³-hybridized carbons (Fsp3) is 0.217. The zero-order chi connectivity index (χ0) is 21.7. The maximum Gasteiger partial charge on any atom is 0.161 e. The Kier molecular flexibility index (Phi) is 6.51. The van der Waals surface area contributed by atoms with Crippen molar-refractivity contribution in [1.29, 1.82) is 5.41 Å². The van der Waals surface area contributed by atoms with Crippen LogP contribution in [0.1, 0.15) is 25.0 Å². The molecule has 0 saturated heterocycles. The van der Waals surface area contributed by atoms with E-state index in [1.54, 1.807) is 39.3 Å². The van der Waals surface area contributed by atoms with E-state index in [0.717, 1.165) is 22.7 Å². The number of aliphatic imine (C=N–C) groups is 1. The van der Waals surface area contributed by atoms with Crippen molar-refractivity contribution in [2.75, 3.05) is 14.2 Å². The molecule has 1 aliphatic rings. The summed E-state index contributed by atoms with van der Waals surface area (Å²) in [6.07, 6.45) is 1.89. The Labute approximate surface area is 175 Å². The molecule has 1 aliphatic heterocycles. The number of halogens is 1. The van der Waals surface area contributed by atoms with Crippen LogP contribution < -0.4 is 20.1 Å². The second kappa shape index (κ2) is 9.26. The molecule has 0 aromatic heterocycles. The van der Waals surface area contributed by atoms with Crippen LogP contribution in [-0.2, 0) is 6.54 Å². The molecule has 0 aliphatic carbocycles. The Balaban J connectivity index is 1.90. The average molecular weight is 408 g/mol. The smallest absolute Gasteiger partial charge is 0.161 e. The maximum absolute atomic E-state index is 13.1. The predicted octanol–water partition coefficient (Wildman–Crippen LogP) is 4.25. The molecule has 0 atom stereocenters. The third-order valence-electron chi connectivity index (χ3n) is 4.57. The quantitative estimate of drug-likeness (QED) is 0.599. The molecule has 0 fully saturated rings. The van der Waals surface area contributed by atoms with Crippen molar-refractivity contribution < 1.29 is 13.9 Å². The lowest BCUT2D eigenvalue weighted by Gasteiger charge is -2.21. The van der Waals surface area contributed by atoms with Gasteiger partial charge in [0.25, 0.3) is 0 Å². The van der Waals surface area contributed by atoms with Crippen molar-refractivity contribution in [2.24, 2.45) is 4.99 Å². The molecule has 2 aromatic carbocycles. The fourth-order valence-corrected chi connectivity index (χ4v) is 3.14. The van der Waals surface area contributed by atoms with Gasteiger partial charge >= 0.3 is 0 Å². The minimum atomic E-state index is -0.261. The summed E-state index contributed by atoms with van der Waals surface area (Å²) in [5, 5.41) is 14.9. The Morgan fingerprint density at radius 3 is 2.43 bits per heavy atom. The highest BCUT2D eigenvalue weighted by Gasteiger charge is 2.18. The molecule has 30 heavy (non-hydrogen) atoms. The van der Waals surface area contributed by atoms with Crippen molar-refractivity contribution in [2.45, 2.75) is 20.4 Å². The van der Waals surface area contributed by atoms with E-state index >= 15 is 0 Å². The number of allylic oxidation sites excluding steroid dienone is 2. The minimum Gasteiger partial charge on any atom is -0.493 e. The van der Waals surface area contributed by atoms with E-state index in [-0.39, 0.29) is 5.82 Å². The number of ether oxygens (including phenoxy) is 2. The summed E-state index contributed by atoms with van der Waals surface area (Å²) in [7, 11) is 3.16. The van der Waals surface area contributed by atoms with E-state index in [4.69, 9.17) is 14.9 Å². The van der Waals surface area contributed by atoms with Crippen molar-refractivity contribution in [3.05, 3.63) is 77.1 Å². The number of nitrogens with zero attached hydrogens (tertiary/aromatic N) is 1. The number of nitrogens with one attached hydrogen (secondary N) is 3. The Bertz CT molecular complexity index is 1040. The minimum absolute atomic E-state index is 0.261. The number of hydrogen-bond donors (Lipinski definition) is 3. The number of hydrogen-bond acceptors (Lipinski definition) is 6. The second-order valence-corrected chi connectivity index (χ2v) is 6.83. The van der Waals surface area contributed by atoms with Crippen molar-refractivity contribution in [1.82, 2.24) is 10.6 Å². The summed E-state index contributed by atoms with van der Waals surface area (Å²) >= 11 is 0. The molecule has 0 saturated carbocycles. The molecular formula is C23H25FN4O2. The highest BCUT2D eigenvalue weighted by Crippen LogP contribution is 2.32. The normalized spacial score (nSPS) is 14.8. The summed E-state index contributed by atoms with van der Waals surface area (Å²) in [5.74, 6) is 2.25. The molecule has 7 heteroatoms. The van der Waals surface area contributed by atoms with Gasteiger partial charge in [-0.1, -0.05) is 18.2 Å². The first kappa shape index (κ1) is 21.1. The van der Waals surface area contributed by atoms with Gasteiger partial charge in [0.1, 0.15) is 17.5 Å². The lowest BCUT2D eigenvalue weighted by molar-refractivity contribution is 0.355. The van der Waals surface area contributed by atoms with E-state index in [2.05, 4.69) is 15.6 Å². The largest absolute Gasteiger partial charge is 0.493 e. The van der Waals surface area contributed by atoms with E-state index in [1.165, 1.54) is 12.1 Å². The monoisotopic (exact) mass is 408 g/mol. The first-order valence-corrected chi connectivity index (χ1v) is 9.45. The molecule has 0 radical (unpaired) electrons. The zero-order valence-corrected chi connectivity index (χ0v) is 17.5. The predicted molar refractivity (Wildman–Crippen MR) is 117 cm³/mol. The summed E-state index contributed by atoms with van der Waals surface area (Å²) in [4.78, 5) is 4.60. The van der Waals surface area contributed by atoms with Crippen LogP contribution in [0.3, 0.4) is 0 Å². The van der Waals surface area contributed by atoms with Gasteiger partial charge in [-0.25, -0.2) is 9.38 Å². The van der Waals surface area contributed by atoms with Gasteiger partial charge in [0, 0.05) is 23.5 Å². The molecule has 156 valence electrons. The number of rotatable bonds is 7. The Hall–Kier alpha value is -3.61. The topological polar surface area (TPSA) is 78.7 Å². The highest BCUT2D eigenvalue weighted by molar-refractivity contribution is 6.22. The summed E-state index contributed by atoms with van der Waals surface area (Å²) in [5.41, 5.74) is 3.56. The van der Waals surface area contributed by atoms with Crippen LogP contribution in [0.2, 0.25) is 0 Å². The van der Waals surface area contributed by atoms with Gasteiger partial charge in [0.05, 0.1) is 14.2 Å². The molecule has 6 nitrogen and oxygen atoms in total. The molecular weight excluding hydrogens is 383 g/mol. The number of methoxy groups -OCH3 is 2. The molecule has 1 heterocycles. The van der Waals surface area contributed by atoms with Crippen LogP contribution in [0.25, 0.3) is 5.57 Å². The second-order valence-electron chi connectivity index (χ2n) is 6.83. The van der Waals surface area contributed by atoms with E-state index in [0.29, 0.717) is 35.1 Å². The van der Waals surface area contributed by atoms with Gasteiger partial charge < -0.3 is 25.5 Å². The van der Waals surface area contributed by atoms with Crippen molar-refractivity contribution in [3.8, 4) is 11.5 Å². The lowest BCUT2D eigenvalue weighted by Crippen LogP contribution is -2.30. The fourth-order valence-electron chi connectivity index (χ4n) is 3.14. The zero-order valence-electron chi connectivity index (χ0n) is 17.5. The first-order chi connectivity index (χ1) is 14.4. The van der Waals surface area contributed by atoms with Crippen LogP contribution in [0, 0.1) is 11.2 Å². The van der Waals surface area contributed by atoms with E-state index in [1.807, 2.05) is 25.1 Å². The molecule has 3 rings (SSSR count). The van der Waals surface area contributed by atoms with Crippen LogP contribution in [0.5, 0.6) is 11.5 Å². The molecule has 0 bridgehead atoms. The first-order valence-electron chi connectivity index (χ1n) is 9.45. The van der Waals surface area contributed by atoms with Crippen LogP contribution in [-0.4, -0.2) is 25.6 Å². The van der Waals surface area contributed by atoms with Gasteiger partial charge in [0.2, 0.25) is 0 Å². The third-order valence-corrected chi connectivity index (χ3v) is 4.57. The maximum atomic E-state index is 13.1. The molecule has 0 amide bonds. The Morgan fingerprint density at radius 1 is 1.10 bits per heavy atom. The molecule has 0 unspecified atom stereocenters. The molecule has 2 aromatic rings. The lowest BCUT2D eigenvalue weighted by atomic mass is 10.0. The third kappa shape index (κ3) is 4.86. The molecule has 3 N–H and O–H groups in total. The SMILES string of the molecule is COc1ccc(/C(C(C)=N)=C2\N=C(C)C=C(NCc3ccc(F)cc3)N2)cc1OC. The van der Waals surface area contributed by atoms with Crippen LogP contribution in [0.4, 0.5) is 4.39 Å². The highest BCUT2D eigenvalue weighted by atomic mass is 19.1.